The van der Waals surface area contributed by atoms with E-state index in [-0.39, 0.29) is 0 Å². The summed E-state index contributed by atoms with van der Waals surface area (Å²) in [5, 5.41) is 8.42. The molecule has 0 atom stereocenters. The molecule has 6 heteroatoms. The van der Waals surface area contributed by atoms with E-state index >= 15 is 0 Å². The van der Waals surface area contributed by atoms with E-state index in [1.54, 1.807) is 4.68 Å². The number of fused-ring (bicyclic) bond motifs is 1. The first-order valence-corrected chi connectivity index (χ1v) is 9.28. The van der Waals surface area contributed by atoms with Crippen LogP contribution in [0.25, 0.3) is 16.7 Å². The van der Waals surface area contributed by atoms with Crippen LogP contribution in [0, 0.1) is 27.7 Å². The Labute approximate surface area is 159 Å². The number of hydrogen-bond donors (Lipinski definition) is 1. The minimum absolute atomic E-state index is 0.404. The highest BCUT2D eigenvalue weighted by Crippen LogP contribution is 2.25. The molecule has 0 saturated heterocycles. The van der Waals surface area contributed by atoms with Crippen LogP contribution >= 0.6 is 0 Å². The van der Waals surface area contributed by atoms with E-state index in [9.17, 15) is 4.79 Å². The normalized spacial score (nSPS) is 11.0. The molecule has 0 bridgehead atoms. The van der Waals surface area contributed by atoms with Crippen LogP contribution in [0.3, 0.4) is 0 Å². The molecule has 1 N–H and O–H groups in total. The summed E-state index contributed by atoms with van der Waals surface area (Å²) in [6.07, 6.45) is 1.34. The fourth-order valence-corrected chi connectivity index (χ4v) is 3.15. The average molecular weight is 366 g/mol. The van der Waals surface area contributed by atoms with E-state index in [1.807, 2.05) is 19.1 Å². The van der Waals surface area contributed by atoms with Gasteiger partial charge in [-0.25, -0.2) is 9.78 Å². The molecule has 142 valence electrons. The minimum atomic E-state index is -0.478. The van der Waals surface area contributed by atoms with Gasteiger partial charge in [0.15, 0.2) is 5.82 Å². The van der Waals surface area contributed by atoms with Crippen LogP contribution in [-0.4, -0.2) is 27.5 Å². The number of ether oxygens (including phenoxy) is 1. The first-order chi connectivity index (χ1) is 12.9. The second kappa shape index (κ2) is 7.78. The van der Waals surface area contributed by atoms with Crippen LogP contribution in [0.4, 0.5) is 10.6 Å². The van der Waals surface area contributed by atoms with Gasteiger partial charge in [0, 0.05) is 11.5 Å². The summed E-state index contributed by atoms with van der Waals surface area (Å²) in [6, 6.07) is 8.07. The lowest BCUT2D eigenvalue weighted by Crippen LogP contribution is -2.17. The van der Waals surface area contributed by atoms with Gasteiger partial charge in [-0.2, -0.15) is 9.78 Å². The quantitative estimate of drug-likeness (QED) is 0.645. The van der Waals surface area contributed by atoms with Gasteiger partial charge in [0.25, 0.3) is 0 Å². The third-order valence-electron chi connectivity index (χ3n) is 4.45. The Kier molecular flexibility index (Phi) is 5.44. The Morgan fingerprint density at radius 1 is 1.11 bits per heavy atom. The van der Waals surface area contributed by atoms with E-state index in [4.69, 9.17) is 9.72 Å². The summed E-state index contributed by atoms with van der Waals surface area (Å²) >= 11 is 0. The summed E-state index contributed by atoms with van der Waals surface area (Å²) in [5.41, 5.74) is 5.18. The van der Waals surface area contributed by atoms with E-state index in [0.717, 1.165) is 40.6 Å². The van der Waals surface area contributed by atoms with Crippen LogP contribution < -0.4 is 5.32 Å². The molecule has 1 amide bonds. The zero-order chi connectivity index (χ0) is 19.6. The lowest BCUT2D eigenvalue weighted by molar-refractivity contribution is 0.159. The zero-order valence-electron chi connectivity index (χ0n) is 16.6. The van der Waals surface area contributed by atoms with Crippen LogP contribution in [0.1, 0.15) is 42.1 Å². The number of rotatable bonds is 5. The molecule has 0 aliphatic carbocycles. The summed E-state index contributed by atoms with van der Waals surface area (Å²) in [4.78, 5) is 16.9. The highest BCUT2D eigenvalue weighted by molar-refractivity contribution is 5.87. The number of amides is 1. The summed E-state index contributed by atoms with van der Waals surface area (Å²) in [6.45, 7) is 10.5. The molecule has 0 radical (unpaired) electrons. The molecule has 2 heterocycles. The largest absolute Gasteiger partial charge is 0.449 e. The molecule has 2 aromatic heterocycles. The van der Waals surface area contributed by atoms with Gasteiger partial charge in [0.2, 0.25) is 0 Å². The number of aryl methyl sites for hydroxylation is 4. The summed E-state index contributed by atoms with van der Waals surface area (Å²) in [5.74, 6) is 1.22. The van der Waals surface area contributed by atoms with Crippen LogP contribution in [0.15, 0.2) is 24.3 Å². The standard InChI is InChI=1S/C21H26N4O2/c1-6-7-8-27-21(26)23-19-12-16(5)24-25(19)18-11-14(3)17-10-13(2)9-15(4)20(17)22-18/h9-12H,6-8H2,1-5H3,(H,23,26). The second-order valence-electron chi connectivity index (χ2n) is 6.97. The van der Waals surface area contributed by atoms with Gasteiger partial charge in [-0.05, 0) is 57.4 Å². The molecule has 3 aromatic rings. The fourth-order valence-electron chi connectivity index (χ4n) is 3.15. The number of nitrogens with one attached hydrogen (secondary N) is 1. The third kappa shape index (κ3) is 4.10. The maximum Gasteiger partial charge on any atom is 0.412 e. The van der Waals surface area contributed by atoms with Crippen molar-refractivity contribution in [3.05, 3.63) is 46.6 Å². The molecule has 1 aromatic carbocycles. The lowest BCUT2D eigenvalue weighted by atomic mass is 10.0. The van der Waals surface area contributed by atoms with Crippen molar-refractivity contribution in [1.29, 1.82) is 0 Å². The van der Waals surface area contributed by atoms with E-state index in [1.165, 1.54) is 5.56 Å². The van der Waals surface area contributed by atoms with Crippen molar-refractivity contribution in [3.63, 3.8) is 0 Å². The second-order valence-corrected chi connectivity index (χ2v) is 6.97. The number of hydrogen-bond acceptors (Lipinski definition) is 4. The van der Waals surface area contributed by atoms with Gasteiger partial charge in [-0.15, -0.1) is 0 Å². The van der Waals surface area contributed by atoms with Gasteiger partial charge in [-0.1, -0.05) is 25.0 Å². The van der Waals surface area contributed by atoms with Crippen molar-refractivity contribution in [1.82, 2.24) is 14.8 Å². The number of anilines is 1. The SMILES string of the molecule is CCCCOC(=O)Nc1cc(C)nn1-c1cc(C)c2cc(C)cc(C)c2n1. The Bertz CT molecular complexity index is 992. The smallest absolute Gasteiger partial charge is 0.412 e. The fraction of sp³-hybridized carbons (Fsp3) is 0.381. The van der Waals surface area contributed by atoms with Crippen molar-refractivity contribution in [2.45, 2.75) is 47.5 Å². The predicted octanol–water partition coefficient (Wildman–Crippen LogP) is 5.00. The predicted molar refractivity (Wildman–Crippen MR) is 108 cm³/mol. The van der Waals surface area contributed by atoms with Gasteiger partial charge in [-0.3, -0.25) is 5.32 Å². The molecule has 3 rings (SSSR count). The van der Waals surface area contributed by atoms with Gasteiger partial charge >= 0.3 is 6.09 Å². The zero-order valence-corrected chi connectivity index (χ0v) is 16.6. The number of nitrogens with zero attached hydrogens (tertiary/aromatic N) is 3. The first-order valence-electron chi connectivity index (χ1n) is 9.28. The average Bonchev–Trinajstić information content (AvgIpc) is 2.96. The van der Waals surface area contributed by atoms with Crippen molar-refractivity contribution < 1.29 is 9.53 Å². The lowest BCUT2D eigenvalue weighted by Gasteiger charge is -2.12. The van der Waals surface area contributed by atoms with Crippen molar-refractivity contribution >= 4 is 22.8 Å². The number of pyridine rings is 1. The Morgan fingerprint density at radius 2 is 1.89 bits per heavy atom. The topological polar surface area (TPSA) is 69.0 Å². The highest BCUT2D eigenvalue weighted by Gasteiger charge is 2.15. The molecular formula is C21H26N4O2. The molecule has 0 saturated carbocycles. The maximum absolute atomic E-state index is 12.1. The Hall–Kier alpha value is -2.89. The van der Waals surface area contributed by atoms with Gasteiger partial charge in [0.1, 0.15) is 5.82 Å². The summed E-state index contributed by atoms with van der Waals surface area (Å²) in [7, 11) is 0. The molecule has 0 aliphatic heterocycles. The van der Waals surface area contributed by atoms with Gasteiger partial charge in [0.05, 0.1) is 17.8 Å². The molecule has 0 fully saturated rings. The van der Waals surface area contributed by atoms with E-state index in [2.05, 4.69) is 50.2 Å². The van der Waals surface area contributed by atoms with Gasteiger partial charge < -0.3 is 4.74 Å². The number of benzene rings is 1. The minimum Gasteiger partial charge on any atom is -0.449 e. The van der Waals surface area contributed by atoms with Crippen molar-refractivity contribution in [2.24, 2.45) is 0 Å². The molecule has 27 heavy (non-hydrogen) atoms. The van der Waals surface area contributed by atoms with E-state index < -0.39 is 6.09 Å². The maximum atomic E-state index is 12.1. The molecular weight excluding hydrogens is 340 g/mol. The highest BCUT2D eigenvalue weighted by atomic mass is 16.5. The molecule has 0 aliphatic rings. The Morgan fingerprint density at radius 3 is 2.63 bits per heavy atom. The number of carbonyl (C=O) groups is 1. The third-order valence-corrected chi connectivity index (χ3v) is 4.45. The van der Waals surface area contributed by atoms with Crippen LogP contribution in [0.2, 0.25) is 0 Å². The Balaban J connectivity index is 1.98. The van der Waals surface area contributed by atoms with Crippen molar-refractivity contribution in [2.75, 3.05) is 11.9 Å². The number of carbonyl (C=O) groups excluding carboxylic acids is 1. The van der Waals surface area contributed by atoms with E-state index in [0.29, 0.717) is 18.2 Å². The van der Waals surface area contributed by atoms with Crippen LogP contribution in [-0.2, 0) is 4.74 Å². The van der Waals surface area contributed by atoms with Crippen LogP contribution in [0.5, 0.6) is 0 Å². The molecule has 6 nitrogen and oxygen atoms in total. The molecule has 0 unspecified atom stereocenters. The number of unbranched alkanes of at least 4 members (excludes halogenated alkanes) is 1. The summed E-state index contributed by atoms with van der Waals surface area (Å²) < 4.78 is 6.86. The number of aromatic nitrogens is 3. The first kappa shape index (κ1) is 18.9. The molecule has 0 spiro atoms. The van der Waals surface area contributed by atoms with Crippen molar-refractivity contribution in [3.8, 4) is 5.82 Å². The monoisotopic (exact) mass is 366 g/mol.